The van der Waals surface area contributed by atoms with Crippen LogP contribution in [0.25, 0.3) is 0 Å². The molecule has 1 aromatic heterocycles. The average molecular weight is 467 g/mol. The molecule has 2 heterocycles. The zero-order chi connectivity index (χ0) is 21.5. The predicted octanol–water partition coefficient (Wildman–Crippen LogP) is 4.14. The molecule has 3 aromatic rings. The molecule has 10 heteroatoms. The normalized spacial score (nSPS) is 14.4. The minimum atomic E-state index is -3.96. The summed E-state index contributed by atoms with van der Waals surface area (Å²) in [6, 6.07) is 11.7. The molecule has 2 aromatic carbocycles. The van der Waals surface area contributed by atoms with Crippen molar-refractivity contribution in [2.24, 2.45) is 0 Å². The van der Waals surface area contributed by atoms with Gasteiger partial charge in [0.05, 0.1) is 16.3 Å². The molecule has 0 atom stereocenters. The molecule has 0 spiro atoms. The summed E-state index contributed by atoms with van der Waals surface area (Å²) in [7, 11) is -7.68. The maximum absolute atomic E-state index is 13.5. The predicted molar refractivity (Wildman–Crippen MR) is 116 cm³/mol. The zero-order valence-electron chi connectivity index (χ0n) is 16.0. The van der Waals surface area contributed by atoms with Gasteiger partial charge in [0.1, 0.15) is 10.0 Å². The van der Waals surface area contributed by atoms with Crippen LogP contribution in [0.3, 0.4) is 0 Å². The number of fused-ring (bicyclic) bond motifs is 1. The highest BCUT2D eigenvalue weighted by atomic mass is 32.2. The van der Waals surface area contributed by atoms with Crippen LogP contribution in [-0.2, 0) is 26.5 Å². The summed E-state index contributed by atoms with van der Waals surface area (Å²) in [4.78, 5) is -0.0674. The van der Waals surface area contributed by atoms with Crippen LogP contribution >= 0.6 is 11.3 Å². The molecule has 4 rings (SSSR count). The van der Waals surface area contributed by atoms with Crippen molar-refractivity contribution < 1.29 is 21.2 Å². The van der Waals surface area contributed by atoms with Gasteiger partial charge in [-0.25, -0.2) is 21.2 Å². The third kappa shape index (κ3) is 3.82. The molecule has 0 amide bonds. The quantitative estimate of drug-likeness (QED) is 0.613. The number of halogens is 1. The molecular formula is C20H19FN2O4S3. The maximum Gasteiger partial charge on any atom is 0.273 e. The largest absolute Gasteiger partial charge is 0.280 e. The van der Waals surface area contributed by atoms with Crippen molar-refractivity contribution >= 4 is 42.8 Å². The summed E-state index contributed by atoms with van der Waals surface area (Å²) in [5.74, 6) is -0.489. The highest BCUT2D eigenvalue weighted by Gasteiger charge is 2.30. The highest BCUT2D eigenvalue weighted by molar-refractivity contribution is 7.94. The van der Waals surface area contributed by atoms with E-state index in [0.717, 1.165) is 23.0 Å². The van der Waals surface area contributed by atoms with Gasteiger partial charge >= 0.3 is 0 Å². The Morgan fingerprint density at radius 3 is 2.57 bits per heavy atom. The van der Waals surface area contributed by atoms with Crippen molar-refractivity contribution in [3.63, 3.8) is 0 Å². The fraction of sp³-hybridized carbons (Fsp3) is 0.200. The van der Waals surface area contributed by atoms with Gasteiger partial charge in [-0.1, -0.05) is 12.1 Å². The number of hydrogen-bond donors (Lipinski definition) is 1. The Morgan fingerprint density at radius 2 is 1.87 bits per heavy atom. The Morgan fingerprint density at radius 1 is 1.07 bits per heavy atom. The molecule has 0 saturated heterocycles. The van der Waals surface area contributed by atoms with Crippen molar-refractivity contribution in [1.29, 1.82) is 0 Å². The van der Waals surface area contributed by atoms with Gasteiger partial charge in [0, 0.05) is 6.54 Å². The molecule has 0 unspecified atom stereocenters. The third-order valence-corrected chi connectivity index (χ3v) is 9.46. The van der Waals surface area contributed by atoms with Crippen LogP contribution in [0, 0.1) is 12.7 Å². The first-order valence-corrected chi connectivity index (χ1v) is 13.0. The van der Waals surface area contributed by atoms with Gasteiger partial charge in [0.25, 0.3) is 20.0 Å². The van der Waals surface area contributed by atoms with Gasteiger partial charge in [-0.3, -0.25) is 9.03 Å². The number of benzene rings is 2. The minimum Gasteiger partial charge on any atom is -0.280 e. The van der Waals surface area contributed by atoms with E-state index >= 15 is 0 Å². The number of sulfonamides is 2. The van der Waals surface area contributed by atoms with E-state index in [-0.39, 0.29) is 20.4 Å². The second-order valence-corrected chi connectivity index (χ2v) is 11.7. The van der Waals surface area contributed by atoms with Gasteiger partial charge in [-0.05, 0) is 72.7 Å². The van der Waals surface area contributed by atoms with Crippen molar-refractivity contribution in [3.8, 4) is 0 Å². The molecule has 6 nitrogen and oxygen atoms in total. The van der Waals surface area contributed by atoms with E-state index in [2.05, 4.69) is 4.72 Å². The molecular weight excluding hydrogens is 447 g/mol. The first-order chi connectivity index (χ1) is 14.2. The molecule has 0 saturated carbocycles. The fourth-order valence-corrected chi connectivity index (χ4v) is 7.14. The van der Waals surface area contributed by atoms with E-state index in [1.165, 1.54) is 29.4 Å². The molecule has 158 valence electrons. The first kappa shape index (κ1) is 20.8. The summed E-state index contributed by atoms with van der Waals surface area (Å²) >= 11 is 1.14. The number of nitrogens with zero attached hydrogens (tertiary/aromatic N) is 1. The van der Waals surface area contributed by atoms with Crippen molar-refractivity contribution in [2.45, 2.75) is 28.9 Å². The zero-order valence-corrected chi connectivity index (χ0v) is 18.4. The van der Waals surface area contributed by atoms with E-state index in [0.29, 0.717) is 25.1 Å². The smallest absolute Gasteiger partial charge is 0.273 e. The number of thiophene rings is 1. The fourth-order valence-electron chi connectivity index (χ4n) is 3.37. The molecule has 1 aliphatic heterocycles. The van der Waals surface area contributed by atoms with E-state index in [1.54, 1.807) is 29.6 Å². The van der Waals surface area contributed by atoms with E-state index < -0.39 is 25.9 Å². The summed E-state index contributed by atoms with van der Waals surface area (Å²) in [6.07, 6.45) is 1.38. The van der Waals surface area contributed by atoms with Crippen LogP contribution in [0.1, 0.15) is 17.5 Å². The van der Waals surface area contributed by atoms with E-state index in [9.17, 15) is 21.2 Å². The van der Waals surface area contributed by atoms with Crippen LogP contribution in [-0.4, -0.2) is 23.4 Å². The van der Waals surface area contributed by atoms with Gasteiger partial charge in [-0.15, -0.1) is 11.3 Å². The number of aryl methyl sites for hydroxylation is 2. The molecule has 0 aliphatic carbocycles. The van der Waals surface area contributed by atoms with Crippen LogP contribution < -0.4 is 9.03 Å². The Kier molecular flexibility index (Phi) is 5.33. The van der Waals surface area contributed by atoms with Crippen LogP contribution in [0.2, 0.25) is 0 Å². The van der Waals surface area contributed by atoms with Crippen molar-refractivity contribution in [1.82, 2.24) is 0 Å². The minimum absolute atomic E-state index is 0.0674. The van der Waals surface area contributed by atoms with Gasteiger partial charge in [0.15, 0.2) is 0 Å². The summed E-state index contributed by atoms with van der Waals surface area (Å²) in [5.41, 5.74) is 1.76. The summed E-state index contributed by atoms with van der Waals surface area (Å²) in [6.45, 7) is 1.81. The molecule has 0 bridgehead atoms. The molecule has 30 heavy (non-hydrogen) atoms. The second kappa shape index (κ2) is 7.68. The maximum atomic E-state index is 13.5. The molecule has 1 aliphatic rings. The lowest BCUT2D eigenvalue weighted by molar-refractivity contribution is 0.588. The number of hydrogen-bond acceptors (Lipinski definition) is 5. The Labute approximate surface area is 179 Å². The lowest BCUT2D eigenvalue weighted by Crippen LogP contribution is -2.35. The summed E-state index contributed by atoms with van der Waals surface area (Å²) < 4.78 is 69.1. The number of anilines is 2. The lowest BCUT2D eigenvalue weighted by Gasteiger charge is -2.30. The van der Waals surface area contributed by atoms with Gasteiger partial charge in [0.2, 0.25) is 0 Å². The molecule has 1 N–H and O–H groups in total. The second-order valence-electron chi connectivity index (χ2n) is 6.97. The van der Waals surface area contributed by atoms with E-state index in [4.69, 9.17) is 0 Å². The van der Waals surface area contributed by atoms with Crippen molar-refractivity contribution in [2.75, 3.05) is 15.6 Å². The molecule has 0 fully saturated rings. The van der Waals surface area contributed by atoms with Crippen LogP contribution in [0.5, 0.6) is 0 Å². The number of nitrogens with one attached hydrogen (secondary N) is 1. The highest BCUT2D eigenvalue weighted by Crippen LogP contribution is 2.35. The van der Waals surface area contributed by atoms with Crippen LogP contribution in [0.15, 0.2) is 63.0 Å². The Hall–Kier alpha value is -2.43. The van der Waals surface area contributed by atoms with Gasteiger partial charge < -0.3 is 0 Å². The topological polar surface area (TPSA) is 83.6 Å². The van der Waals surface area contributed by atoms with Crippen LogP contribution in [0.4, 0.5) is 15.8 Å². The standard InChI is InChI=1S/C20H19FN2O4S3/c1-14-12-17(8-9-18(14)21)29(24,25)22-16-7-6-15-4-2-10-23(19(15)13-16)30(26,27)20-5-3-11-28-20/h3,5-9,11-13,22H,2,4,10H2,1H3. The monoisotopic (exact) mass is 466 g/mol. The Balaban J connectivity index is 1.70. The Bertz CT molecular complexity index is 1300. The van der Waals surface area contributed by atoms with E-state index in [1.807, 2.05) is 0 Å². The third-order valence-electron chi connectivity index (χ3n) is 4.89. The van der Waals surface area contributed by atoms with Gasteiger partial charge in [-0.2, -0.15) is 0 Å². The van der Waals surface area contributed by atoms with Crippen molar-refractivity contribution in [3.05, 3.63) is 70.9 Å². The first-order valence-electron chi connectivity index (χ1n) is 9.17. The summed E-state index contributed by atoms with van der Waals surface area (Å²) in [5, 5.41) is 1.70. The number of rotatable bonds is 5. The molecule has 0 radical (unpaired) electrons. The average Bonchev–Trinajstić information content (AvgIpc) is 3.25. The lowest BCUT2D eigenvalue weighted by atomic mass is 10.0. The SMILES string of the molecule is Cc1cc(S(=O)(=O)Nc2ccc3c(c2)N(S(=O)(=O)c2cccs2)CCC3)ccc1F.